The Kier molecular flexibility index (Phi) is 4.22. The molecule has 1 N–H and O–H groups in total. The van der Waals surface area contributed by atoms with Gasteiger partial charge in [0.2, 0.25) is 0 Å². The lowest BCUT2D eigenvalue weighted by atomic mass is 10.0. The molecule has 0 saturated heterocycles. The van der Waals surface area contributed by atoms with Crippen LogP contribution in [0.1, 0.15) is 33.8 Å². The number of para-hydroxylation sites is 1. The van der Waals surface area contributed by atoms with Gasteiger partial charge in [-0.05, 0) is 49.3 Å². The summed E-state index contributed by atoms with van der Waals surface area (Å²) in [5, 5.41) is 6.60. The van der Waals surface area contributed by atoms with Crippen LogP contribution in [0.2, 0.25) is 0 Å². The third kappa shape index (κ3) is 3.15. The summed E-state index contributed by atoms with van der Waals surface area (Å²) < 4.78 is 0. The van der Waals surface area contributed by atoms with Gasteiger partial charge in [0, 0.05) is 10.3 Å². The average molecular weight is 392 g/mol. The van der Waals surface area contributed by atoms with Gasteiger partial charge in [0.05, 0.1) is 27.3 Å². The molecule has 4 aromatic rings. The van der Waals surface area contributed by atoms with Crippen molar-refractivity contribution in [2.24, 2.45) is 0 Å². The number of carbonyl (C=O) groups is 1. The number of thiazole rings is 1. The van der Waals surface area contributed by atoms with Crippen LogP contribution in [0.4, 0.5) is 5.13 Å². The average Bonchev–Trinajstić information content (AvgIpc) is 3.36. The molecule has 1 amide bonds. The van der Waals surface area contributed by atoms with E-state index in [0.717, 1.165) is 40.0 Å². The summed E-state index contributed by atoms with van der Waals surface area (Å²) in [5.74, 6) is -0.127. The summed E-state index contributed by atoms with van der Waals surface area (Å²) in [6, 6.07) is 13.7. The van der Waals surface area contributed by atoms with Gasteiger partial charge in [-0.3, -0.25) is 10.1 Å². The van der Waals surface area contributed by atoms with Crippen molar-refractivity contribution in [1.29, 1.82) is 0 Å². The first-order valence-electron chi connectivity index (χ1n) is 9.01. The molecule has 134 valence electrons. The molecule has 3 heterocycles. The second kappa shape index (κ2) is 6.87. The fraction of sp³-hybridized carbons (Fsp3) is 0.190. The molecule has 0 radical (unpaired) electrons. The molecule has 0 spiro atoms. The van der Waals surface area contributed by atoms with Crippen molar-refractivity contribution in [2.45, 2.75) is 25.7 Å². The zero-order valence-corrected chi connectivity index (χ0v) is 16.2. The van der Waals surface area contributed by atoms with E-state index in [1.54, 1.807) is 22.7 Å². The predicted octanol–water partition coefficient (Wildman–Crippen LogP) is 5.55. The van der Waals surface area contributed by atoms with Crippen molar-refractivity contribution in [2.75, 3.05) is 5.32 Å². The molecule has 0 aliphatic heterocycles. The molecule has 0 atom stereocenters. The number of aromatic nitrogens is 2. The molecular formula is C21H17N3OS2. The van der Waals surface area contributed by atoms with E-state index in [-0.39, 0.29) is 5.91 Å². The molecule has 0 fully saturated rings. The molecule has 0 unspecified atom stereocenters. The fourth-order valence-electron chi connectivity index (χ4n) is 3.48. The Morgan fingerprint density at radius 3 is 2.78 bits per heavy atom. The first kappa shape index (κ1) is 16.6. The molecule has 4 nitrogen and oxygen atoms in total. The van der Waals surface area contributed by atoms with Crippen LogP contribution in [-0.4, -0.2) is 15.9 Å². The van der Waals surface area contributed by atoms with Gasteiger partial charge in [-0.2, -0.15) is 0 Å². The number of pyridine rings is 1. The van der Waals surface area contributed by atoms with Crippen molar-refractivity contribution in [3.8, 4) is 10.6 Å². The van der Waals surface area contributed by atoms with Crippen LogP contribution >= 0.6 is 22.7 Å². The lowest BCUT2D eigenvalue weighted by molar-refractivity contribution is 0.102. The van der Waals surface area contributed by atoms with Gasteiger partial charge in [0.15, 0.2) is 5.13 Å². The number of anilines is 1. The fourth-order valence-corrected chi connectivity index (χ4v) is 5.21. The van der Waals surface area contributed by atoms with Crippen LogP contribution in [0.25, 0.3) is 21.5 Å². The standard InChI is InChI=1S/C21H17N3OS2/c25-20(24-21-23-16-8-3-4-9-19(16)27-21)14-12-17(18-10-5-11-26-18)22-15-7-2-1-6-13(14)15/h1-2,5-7,10-12H,3-4,8-9H2,(H,23,24,25). The van der Waals surface area contributed by atoms with Crippen molar-refractivity contribution >= 4 is 44.6 Å². The molecule has 0 saturated carbocycles. The van der Waals surface area contributed by atoms with E-state index >= 15 is 0 Å². The number of rotatable bonds is 3. The van der Waals surface area contributed by atoms with Crippen LogP contribution < -0.4 is 5.32 Å². The lowest BCUT2D eigenvalue weighted by Gasteiger charge is -2.08. The number of fused-ring (bicyclic) bond motifs is 2. The Balaban J connectivity index is 1.54. The van der Waals surface area contributed by atoms with Crippen LogP contribution in [0.3, 0.4) is 0 Å². The van der Waals surface area contributed by atoms with Crippen LogP contribution in [0.5, 0.6) is 0 Å². The monoisotopic (exact) mass is 391 g/mol. The largest absolute Gasteiger partial charge is 0.298 e. The number of aryl methyl sites for hydroxylation is 2. The number of hydrogen-bond donors (Lipinski definition) is 1. The van der Waals surface area contributed by atoms with E-state index in [1.165, 1.54) is 17.7 Å². The van der Waals surface area contributed by atoms with E-state index in [1.807, 2.05) is 47.8 Å². The zero-order chi connectivity index (χ0) is 18.2. The Labute approximate surface area is 164 Å². The summed E-state index contributed by atoms with van der Waals surface area (Å²) in [4.78, 5) is 24.8. The quantitative estimate of drug-likeness (QED) is 0.498. The normalized spacial score (nSPS) is 13.5. The minimum absolute atomic E-state index is 0.127. The molecule has 6 heteroatoms. The molecule has 1 aromatic carbocycles. The first-order valence-corrected chi connectivity index (χ1v) is 10.7. The molecule has 3 aromatic heterocycles. The topological polar surface area (TPSA) is 54.9 Å². The number of nitrogens with one attached hydrogen (secondary N) is 1. The summed E-state index contributed by atoms with van der Waals surface area (Å²) in [7, 11) is 0. The molecule has 5 rings (SSSR count). The number of amides is 1. The molecule has 1 aliphatic carbocycles. The van der Waals surface area contributed by atoms with E-state index in [0.29, 0.717) is 10.7 Å². The van der Waals surface area contributed by atoms with Crippen LogP contribution in [-0.2, 0) is 12.8 Å². The highest BCUT2D eigenvalue weighted by Gasteiger charge is 2.19. The van der Waals surface area contributed by atoms with Crippen molar-refractivity contribution in [3.63, 3.8) is 0 Å². The Bertz CT molecular complexity index is 1110. The third-order valence-electron chi connectivity index (χ3n) is 4.80. The number of carbonyl (C=O) groups excluding carboxylic acids is 1. The highest BCUT2D eigenvalue weighted by molar-refractivity contribution is 7.16. The van der Waals surface area contributed by atoms with Gasteiger partial charge in [-0.15, -0.1) is 22.7 Å². The highest BCUT2D eigenvalue weighted by Crippen LogP contribution is 2.31. The van der Waals surface area contributed by atoms with Gasteiger partial charge in [0.1, 0.15) is 0 Å². The smallest absolute Gasteiger partial charge is 0.258 e. The minimum atomic E-state index is -0.127. The van der Waals surface area contributed by atoms with Gasteiger partial charge < -0.3 is 0 Å². The van der Waals surface area contributed by atoms with Gasteiger partial charge >= 0.3 is 0 Å². The molecule has 0 bridgehead atoms. The second-order valence-electron chi connectivity index (χ2n) is 6.60. The van der Waals surface area contributed by atoms with E-state index < -0.39 is 0 Å². The van der Waals surface area contributed by atoms with E-state index in [9.17, 15) is 4.79 Å². The molecular weight excluding hydrogens is 374 g/mol. The van der Waals surface area contributed by atoms with E-state index in [2.05, 4.69) is 10.3 Å². The summed E-state index contributed by atoms with van der Waals surface area (Å²) >= 11 is 3.23. The second-order valence-corrected chi connectivity index (χ2v) is 8.63. The van der Waals surface area contributed by atoms with Crippen LogP contribution in [0, 0.1) is 0 Å². The van der Waals surface area contributed by atoms with Crippen LogP contribution in [0.15, 0.2) is 47.8 Å². The number of nitrogens with zero attached hydrogens (tertiary/aromatic N) is 2. The third-order valence-corrected chi connectivity index (χ3v) is 6.77. The maximum atomic E-state index is 13.1. The van der Waals surface area contributed by atoms with Gasteiger partial charge in [-0.25, -0.2) is 9.97 Å². The van der Waals surface area contributed by atoms with Crippen molar-refractivity contribution in [3.05, 3.63) is 64.0 Å². The van der Waals surface area contributed by atoms with E-state index in [4.69, 9.17) is 4.98 Å². The summed E-state index contributed by atoms with van der Waals surface area (Å²) in [5.41, 5.74) is 3.44. The number of benzene rings is 1. The van der Waals surface area contributed by atoms with Gasteiger partial charge in [0.25, 0.3) is 5.91 Å². The SMILES string of the molecule is O=C(Nc1nc2c(s1)CCCC2)c1cc(-c2cccs2)nc2ccccc12. The highest BCUT2D eigenvalue weighted by atomic mass is 32.1. The Hall–Kier alpha value is -2.57. The maximum Gasteiger partial charge on any atom is 0.258 e. The summed E-state index contributed by atoms with van der Waals surface area (Å²) in [6.07, 6.45) is 4.48. The Morgan fingerprint density at radius 2 is 1.93 bits per heavy atom. The first-order chi connectivity index (χ1) is 13.3. The van der Waals surface area contributed by atoms with Crippen molar-refractivity contribution in [1.82, 2.24) is 9.97 Å². The predicted molar refractivity (Wildman–Crippen MR) is 112 cm³/mol. The zero-order valence-electron chi connectivity index (χ0n) is 14.6. The van der Waals surface area contributed by atoms with Gasteiger partial charge in [-0.1, -0.05) is 24.3 Å². The molecule has 1 aliphatic rings. The summed E-state index contributed by atoms with van der Waals surface area (Å²) in [6.45, 7) is 0. The number of hydrogen-bond acceptors (Lipinski definition) is 5. The van der Waals surface area contributed by atoms with Crippen molar-refractivity contribution < 1.29 is 4.79 Å². The maximum absolute atomic E-state index is 13.1. The lowest BCUT2D eigenvalue weighted by Crippen LogP contribution is -2.13. The number of thiophene rings is 1. The molecule has 27 heavy (non-hydrogen) atoms. The minimum Gasteiger partial charge on any atom is -0.298 e. The Morgan fingerprint density at radius 1 is 1.04 bits per heavy atom.